The average molecular weight is 407 g/mol. The molecule has 5 rings (SSSR count). The third kappa shape index (κ3) is 3.64. The molecule has 0 aliphatic carbocycles. The van der Waals surface area contributed by atoms with Crippen molar-refractivity contribution in [3.63, 3.8) is 0 Å². The number of aromatic nitrogens is 1. The number of fused-ring (bicyclic) bond motifs is 2. The van der Waals surface area contributed by atoms with Crippen molar-refractivity contribution in [1.82, 2.24) is 9.88 Å². The Kier molecular flexibility index (Phi) is 4.79. The summed E-state index contributed by atoms with van der Waals surface area (Å²) >= 11 is 1.48. The summed E-state index contributed by atoms with van der Waals surface area (Å²) in [6, 6.07) is 13.9. The summed E-state index contributed by atoms with van der Waals surface area (Å²) in [6.07, 6.45) is 0. The molecule has 0 bridgehead atoms. The van der Waals surface area contributed by atoms with Crippen molar-refractivity contribution in [2.24, 2.45) is 0 Å². The molecule has 148 valence electrons. The second-order valence-corrected chi connectivity index (χ2v) is 8.25. The van der Waals surface area contributed by atoms with Crippen LogP contribution in [-0.2, 0) is 11.3 Å². The van der Waals surface area contributed by atoms with Gasteiger partial charge in [0, 0.05) is 30.6 Å². The van der Waals surface area contributed by atoms with E-state index in [9.17, 15) is 4.79 Å². The van der Waals surface area contributed by atoms with Gasteiger partial charge in [-0.15, -0.1) is 0 Å². The molecule has 2 aromatic heterocycles. The zero-order valence-corrected chi connectivity index (χ0v) is 16.9. The fourth-order valence-electron chi connectivity index (χ4n) is 3.68. The number of aryl methyl sites for hydroxylation is 1. The average Bonchev–Trinajstić information content (AvgIpc) is 3.29. The summed E-state index contributed by atoms with van der Waals surface area (Å²) in [4.78, 5) is 19.7. The Bertz CT molecular complexity index is 1190. The number of benzene rings is 2. The SMILES string of the molecule is Cc1c(C(=O)Nc2nc3ccc(CN4CCOCC4)cc3s2)oc2ccccc12. The molecule has 1 amide bonds. The van der Waals surface area contributed by atoms with Crippen molar-refractivity contribution in [2.75, 3.05) is 31.6 Å². The summed E-state index contributed by atoms with van der Waals surface area (Å²) in [6.45, 7) is 6.30. The maximum atomic E-state index is 12.8. The molecule has 1 fully saturated rings. The molecule has 0 unspecified atom stereocenters. The lowest BCUT2D eigenvalue weighted by atomic mass is 10.1. The van der Waals surface area contributed by atoms with Gasteiger partial charge in [-0.1, -0.05) is 35.6 Å². The van der Waals surface area contributed by atoms with Crippen molar-refractivity contribution in [1.29, 1.82) is 0 Å². The van der Waals surface area contributed by atoms with Crippen LogP contribution in [0.1, 0.15) is 21.7 Å². The van der Waals surface area contributed by atoms with Crippen LogP contribution in [0.3, 0.4) is 0 Å². The summed E-state index contributed by atoms with van der Waals surface area (Å²) < 4.78 is 12.2. The quantitative estimate of drug-likeness (QED) is 0.542. The second kappa shape index (κ2) is 7.59. The van der Waals surface area contributed by atoms with Gasteiger partial charge in [0.15, 0.2) is 10.9 Å². The van der Waals surface area contributed by atoms with E-state index in [-0.39, 0.29) is 5.91 Å². The number of amides is 1. The number of morpholine rings is 1. The van der Waals surface area contributed by atoms with E-state index in [1.165, 1.54) is 16.9 Å². The molecule has 29 heavy (non-hydrogen) atoms. The van der Waals surface area contributed by atoms with Crippen LogP contribution in [0.15, 0.2) is 46.9 Å². The number of anilines is 1. The maximum Gasteiger partial charge on any atom is 0.293 e. The number of carbonyl (C=O) groups excluding carboxylic acids is 1. The van der Waals surface area contributed by atoms with Gasteiger partial charge in [-0.3, -0.25) is 15.0 Å². The van der Waals surface area contributed by atoms with Crippen LogP contribution < -0.4 is 5.32 Å². The fourth-order valence-corrected chi connectivity index (χ4v) is 4.61. The first-order chi connectivity index (χ1) is 14.2. The molecular weight excluding hydrogens is 386 g/mol. The zero-order valence-electron chi connectivity index (χ0n) is 16.1. The normalized spacial score (nSPS) is 15.2. The predicted octanol–water partition coefficient (Wildman–Crippen LogP) is 4.44. The smallest absolute Gasteiger partial charge is 0.293 e. The highest BCUT2D eigenvalue weighted by molar-refractivity contribution is 7.22. The number of nitrogens with one attached hydrogen (secondary N) is 1. The minimum absolute atomic E-state index is 0.272. The molecule has 1 aliphatic heterocycles. The number of hydrogen-bond donors (Lipinski definition) is 1. The summed E-state index contributed by atoms with van der Waals surface area (Å²) in [7, 11) is 0. The third-order valence-corrected chi connectivity index (χ3v) is 6.17. The Morgan fingerprint density at radius 2 is 2.03 bits per heavy atom. The van der Waals surface area contributed by atoms with Crippen LogP contribution in [0.25, 0.3) is 21.2 Å². The molecule has 1 saturated heterocycles. The van der Waals surface area contributed by atoms with Crippen molar-refractivity contribution < 1.29 is 13.9 Å². The Hall–Kier alpha value is -2.74. The second-order valence-electron chi connectivity index (χ2n) is 7.22. The molecule has 1 N–H and O–H groups in total. The molecule has 1 aliphatic rings. The first-order valence-electron chi connectivity index (χ1n) is 9.66. The highest BCUT2D eigenvalue weighted by atomic mass is 32.1. The summed E-state index contributed by atoms with van der Waals surface area (Å²) in [5.41, 5.74) is 3.69. The van der Waals surface area contributed by atoms with E-state index < -0.39 is 0 Å². The molecule has 0 radical (unpaired) electrons. The minimum atomic E-state index is -0.272. The van der Waals surface area contributed by atoms with E-state index in [0.29, 0.717) is 16.5 Å². The lowest BCUT2D eigenvalue weighted by molar-refractivity contribution is 0.0342. The molecule has 0 spiro atoms. The maximum absolute atomic E-state index is 12.8. The van der Waals surface area contributed by atoms with Crippen LogP contribution in [0.2, 0.25) is 0 Å². The van der Waals surface area contributed by atoms with Crippen molar-refractivity contribution in [2.45, 2.75) is 13.5 Å². The van der Waals surface area contributed by atoms with Crippen LogP contribution in [0, 0.1) is 6.92 Å². The van der Waals surface area contributed by atoms with Gasteiger partial charge < -0.3 is 9.15 Å². The third-order valence-electron chi connectivity index (χ3n) is 5.23. The molecular formula is C22H21N3O3S. The lowest BCUT2D eigenvalue weighted by Gasteiger charge is -2.26. The van der Waals surface area contributed by atoms with Gasteiger partial charge in [0.05, 0.1) is 23.4 Å². The number of hydrogen-bond acceptors (Lipinski definition) is 6. The number of rotatable bonds is 4. The summed E-state index contributed by atoms with van der Waals surface area (Å²) in [5, 5.41) is 4.43. The Morgan fingerprint density at radius 1 is 1.21 bits per heavy atom. The minimum Gasteiger partial charge on any atom is -0.451 e. The Labute approximate surface area is 172 Å². The van der Waals surface area contributed by atoms with Crippen LogP contribution in [-0.4, -0.2) is 42.1 Å². The van der Waals surface area contributed by atoms with Crippen molar-refractivity contribution in [3.05, 3.63) is 59.4 Å². The zero-order chi connectivity index (χ0) is 19.8. The van der Waals surface area contributed by atoms with E-state index in [2.05, 4.69) is 27.3 Å². The molecule has 6 nitrogen and oxygen atoms in total. The topological polar surface area (TPSA) is 67.6 Å². The molecule has 7 heteroatoms. The number of furan rings is 1. The van der Waals surface area contributed by atoms with E-state index in [1.807, 2.05) is 37.3 Å². The number of carbonyl (C=O) groups is 1. The van der Waals surface area contributed by atoms with E-state index in [0.717, 1.165) is 54.0 Å². The highest BCUT2D eigenvalue weighted by Crippen LogP contribution is 2.29. The van der Waals surface area contributed by atoms with Crippen LogP contribution >= 0.6 is 11.3 Å². The van der Waals surface area contributed by atoms with E-state index in [4.69, 9.17) is 9.15 Å². The molecule has 2 aromatic carbocycles. The van der Waals surface area contributed by atoms with Gasteiger partial charge in [0.1, 0.15) is 5.58 Å². The van der Waals surface area contributed by atoms with Crippen molar-refractivity contribution >= 4 is 43.6 Å². The van der Waals surface area contributed by atoms with Gasteiger partial charge in [-0.2, -0.15) is 0 Å². The number of thiazole rings is 1. The predicted molar refractivity (Wildman–Crippen MR) is 115 cm³/mol. The molecule has 3 heterocycles. The van der Waals surface area contributed by atoms with Gasteiger partial charge in [-0.05, 0) is 30.7 Å². The number of para-hydroxylation sites is 1. The Balaban J connectivity index is 1.35. The monoisotopic (exact) mass is 407 g/mol. The highest BCUT2D eigenvalue weighted by Gasteiger charge is 2.19. The largest absolute Gasteiger partial charge is 0.451 e. The van der Waals surface area contributed by atoms with E-state index >= 15 is 0 Å². The Morgan fingerprint density at radius 3 is 2.86 bits per heavy atom. The van der Waals surface area contributed by atoms with E-state index in [1.54, 1.807) is 0 Å². The lowest BCUT2D eigenvalue weighted by Crippen LogP contribution is -2.35. The van der Waals surface area contributed by atoms with Gasteiger partial charge in [0.25, 0.3) is 5.91 Å². The standard InChI is InChI=1S/C22H21N3O3S/c1-14-16-4-2-3-5-18(16)28-20(14)21(26)24-22-23-17-7-6-15(12-19(17)29-22)13-25-8-10-27-11-9-25/h2-7,12H,8-11,13H2,1H3,(H,23,24,26). The molecule has 0 saturated carbocycles. The first-order valence-corrected chi connectivity index (χ1v) is 10.5. The molecule has 4 aromatic rings. The van der Waals surface area contributed by atoms with Crippen LogP contribution in [0.4, 0.5) is 5.13 Å². The van der Waals surface area contributed by atoms with Gasteiger partial charge >= 0.3 is 0 Å². The van der Waals surface area contributed by atoms with Crippen LogP contribution in [0.5, 0.6) is 0 Å². The van der Waals surface area contributed by atoms with Crippen molar-refractivity contribution in [3.8, 4) is 0 Å². The number of nitrogens with zero attached hydrogens (tertiary/aromatic N) is 2. The summed E-state index contributed by atoms with van der Waals surface area (Å²) in [5.74, 6) is 0.0600. The first kappa shape index (κ1) is 18.3. The fraction of sp³-hybridized carbons (Fsp3) is 0.273. The number of ether oxygens (including phenoxy) is 1. The van der Waals surface area contributed by atoms with Gasteiger partial charge in [0.2, 0.25) is 0 Å². The molecule has 0 atom stereocenters. The van der Waals surface area contributed by atoms with Gasteiger partial charge in [-0.25, -0.2) is 4.98 Å².